The van der Waals surface area contributed by atoms with Crippen molar-refractivity contribution >= 4 is 29.2 Å². The summed E-state index contributed by atoms with van der Waals surface area (Å²) < 4.78 is 0. The third-order valence-corrected chi connectivity index (χ3v) is 2.88. The van der Waals surface area contributed by atoms with E-state index in [4.69, 9.17) is 16.7 Å². The number of nitrogens with one attached hydrogen (secondary N) is 1. The number of anilines is 1. The fourth-order valence-corrected chi connectivity index (χ4v) is 1.87. The molecule has 0 radical (unpaired) electrons. The van der Waals surface area contributed by atoms with Crippen molar-refractivity contribution in [1.29, 1.82) is 0 Å². The molecule has 0 atom stereocenters. The van der Waals surface area contributed by atoms with E-state index in [-0.39, 0.29) is 19.0 Å². The predicted molar refractivity (Wildman–Crippen MR) is 74.6 cm³/mol. The third-order valence-electron chi connectivity index (χ3n) is 2.57. The monoisotopic (exact) mass is 284 g/mol. The van der Waals surface area contributed by atoms with E-state index in [1.165, 1.54) is 4.90 Å². The lowest BCUT2D eigenvalue weighted by molar-refractivity contribution is -0.138. The Balaban J connectivity index is 2.61. The van der Waals surface area contributed by atoms with Gasteiger partial charge in [0.1, 0.15) is 0 Å². The molecular formula is C13H17ClN2O3. The molecule has 0 aliphatic rings. The summed E-state index contributed by atoms with van der Waals surface area (Å²) >= 11 is 6.01. The van der Waals surface area contributed by atoms with Crippen LogP contribution >= 0.6 is 11.6 Å². The first-order valence-electron chi connectivity index (χ1n) is 5.92. The Morgan fingerprint density at radius 2 is 2.05 bits per heavy atom. The summed E-state index contributed by atoms with van der Waals surface area (Å²) in [6, 6.07) is 5.32. The van der Waals surface area contributed by atoms with E-state index in [2.05, 4.69) is 5.32 Å². The van der Waals surface area contributed by atoms with Crippen molar-refractivity contribution in [3.8, 4) is 0 Å². The van der Waals surface area contributed by atoms with Crippen molar-refractivity contribution in [2.75, 3.05) is 25.0 Å². The SMILES string of the molecule is CCN(CC(=O)O)CC(=O)Nc1ccc(C)cc1Cl. The number of likely N-dealkylation sites (N-methyl/N-ethyl adjacent to an activating group) is 1. The van der Waals surface area contributed by atoms with E-state index in [9.17, 15) is 9.59 Å². The van der Waals surface area contributed by atoms with Gasteiger partial charge in [0.2, 0.25) is 5.91 Å². The van der Waals surface area contributed by atoms with Gasteiger partial charge in [0.25, 0.3) is 0 Å². The minimum Gasteiger partial charge on any atom is -0.480 e. The molecule has 19 heavy (non-hydrogen) atoms. The van der Waals surface area contributed by atoms with E-state index < -0.39 is 5.97 Å². The van der Waals surface area contributed by atoms with E-state index >= 15 is 0 Å². The Kier molecular flexibility index (Phi) is 5.79. The molecule has 1 rings (SSSR count). The largest absolute Gasteiger partial charge is 0.480 e. The normalized spacial score (nSPS) is 10.5. The summed E-state index contributed by atoms with van der Waals surface area (Å²) in [5.41, 5.74) is 1.53. The molecule has 0 spiro atoms. The molecule has 6 heteroatoms. The number of carboxylic acids is 1. The fourth-order valence-electron chi connectivity index (χ4n) is 1.59. The van der Waals surface area contributed by atoms with Gasteiger partial charge in [-0.25, -0.2) is 0 Å². The van der Waals surface area contributed by atoms with Crippen LogP contribution in [0, 0.1) is 6.92 Å². The first-order chi connectivity index (χ1) is 8.92. The van der Waals surface area contributed by atoms with Crippen molar-refractivity contribution in [2.45, 2.75) is 13.8 Å². The smallest absolute Gasteiger partial charge is 0.317 e. The second-order valence-electron chi connectivity index (χ2n) is 4.23. The van der Waals surface area contributed by atoms with Gasteiger partial charge in [-0.15, -0.1) is 0 Å². The van der Waals surface area contributed by atoms with Gasteiger partial charge in [-0.05, 0) is 31.2 Å². The maximum atomic E-state index is 11.8. The number of benzene rings is 1. The highest BCUT2D eigenvalue weighted by Gasteiger charge is 2.13. The molecule has 0 aliphatic carbocycles. The van der Waals surface area contributed by atoms with Gasteiger partial charge in [-0.3, -0.25) is 14.5 Å². The Hall–Kier alpha value is -1.59. The molecule has 1 aromatic rings. The number of carbonyl (C=O) groups excluding carboxylic acids is 1. The molecule has 5 nitrogen and oxygen atoms in total. The first kappa shape index (κ1) is 15.5. The molecule has 1 amide bonds. The minimum absolute atomic E-state index is 0.0208. The zero-order chi connectivity index (χ0) is 14.4. The molecule has 0 saturated heterocycles. The van der Waals surface area contributed by atoms with Crippen LogP contribution in [0.4, 0.5) is 5.69 Å². The summed E-state index contributed by atoms with van der Waals surface area (Å²) in [5.74, 6) is -1.24. The fraction of sp³-hybridized carbons (Fsp3) is 0.385. The topological polar surface area (TPSA) is 69.6 Å². The molecule has 2 N–H and O–H groups in total. The molecular weight excluding hydrogens is 268 g/mol. The number of hydrogen-bond acceptors (Lipinski definition) is 3. The van der Waals surface area contributed by atoms with Crippen LogP contribution < -0.4 is 5.32 Å². The number of amides is 1. The predicted octanol–water partition coefficient (Wildman–Crippen LogP) is 1.99. The zero-order valence-corrected chi connectivity index (χ0v) is 11.7. The Labute approximate surface area is 117 Å². The van der Waals surface area contributed by atoms with Crippen molar-refractivity contribution in [1.82, 2.24) is 4.90 Å². The summed E-state index contributed by atoms with van der Waals surface area (Å²) in [6.07, 6.45) is 0. The first-order valence-corrected chi connectivity index (χ1v) is 6.30. The molecule has 104 valence electrons. The zero-order valence-electron chi connectivity index (χ0n) is 10.9. The molecule has 0 heterocycles. The lowest BCUT2D eigenvalue weighted by Gasteiger charge is -2.17. The van der Waals surface area contributed by atoms with Crippen LogP contribution in [0.15, 0.2) is 18.2 Å². The van der Waals surface area contributed by atoms with Gasteiger partial charge in [0.15, 0.2) is 0 Å². The lowest BCUT2D eigenvalue weighted by Crippen LogP contribution is -2.36. The van der Waals surface area contributed by atoms with Crippen molar-refractivity contribution in [2.24, 2.45) is 0 Å². The lowest BCUT2D eigenvalue weighted by atomic mass is 10.2. The third kappa shape index (κ3) is 5.28. The number of rotatable bonds is 6. The van der Waals surface area contributed by atoms with Gasteiger partial charge >= 0.3 is 5.97 Å². The van der Waals surface area contributed by atoms with Gasteiger partial charge in [0.05, 0.1) is 23.8 Å². The van der Waals surface area contributed by atoms with Crippen LogP contribution in [0.5, 0.6) is 0 Å². The molecule has 1 aromatic carbocycles. The van der Waals surface area contributed by atoms with Gasteiger partial charge in [0, 0.05) is 0 Å². The van der Waals surface area contributed by atoms with Crippen LogP contribution in [0.2, 0.25) is 5.02 Å². The van der Waals surface area contributed by atoms with E-state index in [1.807, 2.05) is 13.0 Å². The number of hydrogen-bond donors (Lipinski definition) is 2. The Morgan fingerprint density at radius 3 is 2.58 bits per heavy atom. The molecule has 0 unspecified atom stereocenters. The van der Waals surface area contributed by atoms with Crippen molar-refractivity contribution < 1.29 is 14.7 Å². The minimum atomic E-state index is -0.956. The summed E-state index contributed by atoms with van der Waals surface area (Å²) in [5, 5.41) is 11.8. The molecule has 0 aliphatic heterocycles. The number of carboxylic acid groups (broad SMARTS) is 1. The number of aryl methyl sites for hydroxylation is 1. The van der Waals surface area contributed by atoms with Crippen molar-refractivity contribution in [3.05, 3.63) is 28.8 Å². The van der Waals surface area contributed by atoms with E-state index in [1.54, 1.807) is 19.1 Å². The highest BCUT2D eigenvalue weighted by atomic mass is 35.5. The summed E-state index contributed by atoms with van der Waals surface area (Å²) in [6.45, 7) is 4.05. The number of aliphatic carboxylic acids is 1. The van der Waals surface area contributed by atoms with Crippen LogP contribution in [0.3, 0.4) is 0 Å². The molecule has 0 saturated carbocycles. The van der Waals surface area contributed by atoms with Crippen LogP contribution in [0.25, 0.3) is 0 Å². The maximum Gasteiger partial charge on any atom is 0.317 e. The van der Waals surface area contributed by atoms with E-state index in [0.717, 1.165) is 5.56 Å². The van der Waals surface area contributed by atoms with Crippen LogP contribution in [-0.4, -0.2) is 41.5 Å². The highest BCUT2D eigenvalue weighted by Crippen LogP contribution is 2.22. The average molecular weight is 285 g/mol. The summed E-state index contributed by atoms with van der Waals surface area (Å²) in [4.78, 5) is 23.9. The Bertz CT molecular complexity index is 477. The second kappa shape index (κ2) is 7.11. The van der Waals surface area contributed by atoms with E-state index in [0.29, 0.717) is 17.3 Å². The quantitative estimate of drug-likeness (QED) is 0.838. The Morgan fingerprint density at radius 1 is 1.37 bits per heavy atom. The highest BCUT2D eigenvalue weighted by molar-refractivity contribution is 6.33. The van der Waals surface area contributed by atoms with Crippen molar-refractivity contribution in [3.63, 3.8) is 0 Å². The second-order valence-corrected chi connectivity index (χ2v) is 4.64. The van der Waals surface area contributed by atoms with Gasteiger partial charge in [-0.2, -0.15) is 0 Å². The van der Waals surface area contributed by atoms with Crippen LogP contribution in [-0.2, 0) is 9.59 Å². The van der Waals surface area contributed by atoms with Crippen LogP contribution in [0.1, 0.15) is 12.5 Å². The molecule has 0 bridgehead atoms. The average Bonchev–Trinajstić information content (AvgIpc) is 2.31. The number of carbonyl (C=O) groups is 2. The number of halogens is 1. The van der Waals surface area contributed by atoms with Gasteiger partial charge in [-0.1, -0.05) is 24.6 Å². The molecule has 0 aromatic heterocycles. The summed E-state index contributed by atoms with van der Waals surface area (Å²) in [7, 11) is 0. The molecule has 0 fully saturated rings. The van der Waals surface area contributed by atoms with Gasteiger partial charge < -0.3 is 10.4 Å². The number of nitrogens with zero attached hydrogens (tertiary/aromatic N) is 1. The standard InChI is InChI=1S/C13H17ClN2O3/c1-3-16(8-13(18)19)7-12(17)15-11-5-4-9(2)6-10(11)14/h4-6H,3,7-8H2,1-2H3,(H,15,17)(H,18,19). The maximum absolute atomic E-state index is 11.8.